The summed E-state index contributed by atoms with van der Waals surface area (Å²) in [6.45, 7) is 3.18. The average molecular weight is 328 g/mol. The lowest BCUT2D eigenvalue weighted by atomic mass is 10.1. The Bertz CT molecular complexity index is 593. The highest BCUT2D eigenvalue weighted by Gasteiger charge is 2.42. The smallest absolute Gasteiger partial charge is 0.389 e. The number of nitrogens with zero attached hydrogens (tertiary/aromatic N) is 2. The Hall–Kier alpha value is -1.65. The number of hydrogen-bond acceptors (Lipinski definition) is 7. The molecule has 0 saturated heterocycles. The summed E-state index contributed by atoms with van der Waals surface area (Å²) in [5, 5.41) is 13.3. The Labute approximate surface area is 119 Å². The maximum absolute atomic E-state index is 12.7. The van der Waals surface area contributed by atoms with Gasteiger partial charge in [-0.15, -0.1) is 0 Å². The van der Waals surface area contributed by atoms with E-state index in [4.69, 9.17) is 10.2 Å². The summed E-state index contributed by atoms with van der Waals surface area (Å²) in [7, 11) is -3.05. The molecule has 120 valence electrons. The molecule has 0 aromatic heterocycles. The molecule has 0 bridgehead atoms. The fraction of sp³-hybridized carbons (Fsp3) is 0.700. The lowest BCUT2D eigenvalue weighted by Crippen LogP contribution is -2.37. The summed E-state index contributed by atoms with van der Waals surface area (Å²) in [6, 6.07) is 0. The first-order chi connectivity index (χ1) is 9.39. The van der Waals surface area contributed by atoms with E-state index in [0.29, 0.717) is 0 Å². The number of hydrogen-bond donors (Lipinski definition) is 2. The molecule has 7 nitrogen and oxygen atoms in total. The van der Waals surface area contributed by atoms with Gasteiger partial charge in [-0.2, -0.15) is 18.3 Å². The van der Waals surface area contributed by atoms with Gasteiger partial charge in [-0.25, -0.2) is 8.42 Å². The van der Waals surface area contributed by atoms with Gasteiger partial charge in [0.2, 0.25) is 9.84 Å². The van der Waals surface area contributed by atoms with Crippen LogP contribution in [0.2, 0.25) is 0 Å². The van der Waals surface area contributed by atoms with Crippen LogP contribution in [0.3, 0.4) is 0 Å². The van der Waals surface area contributed by atoms with Crippen molar-refractivity contribution in [3.05, 3.63) is 0 Å². The number of sulfone groups is 1. The molecule has 2 N–H and O–H groups in total. The molecule has 0 unspecified atom stereocenters. The number of hydrazone groups is 1. The van der Waals surface area contributed by atoms with Crippen molar-refractivity contribution < 1.29 is 26.4 Å². The van der Waals surface area contributed by atoms with Gasteiger partial charge in [-0.3, -0.25) is 0 Å². The van der Waals surface area contributed by atoms with Crippen molar-refractivity contribution in [1.82, 2.24) is 5.43 Å². The topological polar surface area (TPSA) is 104 Å². The maximum atomic E-state index is 12.7. The molecule has 0 saturated carbocycles. The third-order valence-corrected chi connectivity index (χ3v) is 4.05. The van der Waals surface area contributed by atoms with Crippen molar-refractivity contribution in [2.24, 2.45) is 10.3 Å². The fourth-order valence-corrected chi connectivity index (χ4v) is 2.93. The van der Waals surface area contributed by atoms with Crippen LogP contribution in [0.1, 0.15) is 20.3 Å². The first kappa shape index (κ1) is 17.4. The van der Waals surface area contributed by atoms with Gasteiger partial charge >= 0.3 is 6.18 Å². The van der Waals surface area contributed by atoms with E-state index in [0.717, 1.165) is 7.05 Å². The zero-order chi connectivity index (χ0) is 16.5. The van der Waals surface area contributed by atoms with Gasteiger partial charge in [-0.05, 0) is 13.8 Å². The van der Waals surface area contributed by atoms with E-state index < -0.39 is 38.8 Å². The van der Waals surface area contributed by atoms with Gasteiger partial charge in [0, 0.05) is 13.5 Å². The van der Waals surface area contributed by atoms with Crippen molar-refractivity contribution in [1.29, 1.82) is 5.41 Å². The Morgan fingerprint density at radius 3 is 2.48 bits per heavy atom. The number of rotatable bonds is 4. The fourth-order valence-electron chi connectivity index (χ4n) is 1.53. The highest BCUT2D eigenvalue weighted by atomic mass is 32.2. The minimum Gasteiger partial charge on any atom is -0.389 e. The second-order valence-electron chi connectivity index (χ2n) is 4.93. The zero-order valence-corrected chi connectivity index (χ0v) is 12.4. The Kier molecular flexibility index (Phi) is 4.66. The largest absolute Gasteiger partial charge is 0.436 e. The van der Waals surface area contributed by atoms with E-state index >= 15 is 0 Å². The van der Waals surface area contributed by atoms with Crippen LogP contribution in [0.15, 0.2) is 10.3 Å². The van der Waals surface area contributed by atoms with Crippen molar-refractivity contribution >= 4 is 26.3 Å². The Morgan fingerprint density at radius 2 is 2.10 bits per heavy atom. The lowest BCUT2D eigenvalue weighted by molar-refractivity contribution is -0.0570. The molecule has 0 atom stereocenters. The third-order valence-electron chi connectivity index (χ3n) is 2.44. The van der Waals surface area contributed by atoms with Gasteiger partial charge in [0.1, 0.15) is 5.60 Å². The van der Waals surface area contributed by atoms with Gasteiger partial charge in [0.25, 0.3) is 0 Å². The van der Waals surface area contributed by atoms with Crippen molar-refractivity contribution in [2.75, 3.05) is 12.8 Å². The minimum atomic E-state index is -4.93. The number of halogens is 3. The van der Waals surface area contributed by atoms with Crippen LogP contribution < -0.4 is 5.43 Å². The SMILES string of the molecule is CN/N=C(\C(=N)CS(=O)(=O)C1=NOC(C)(C)C1)C(F)(F)F. The lowest BCUT2D eigenvalue weighted by Gasteiger charge is -2.14. The molecule has 0 amide bonds. The zero-order valence-electron chi connectivity index (χ0n) is 11.6. The van der Waals surface area contributed by atoms with Crippen molar-refractivity contribution in [3.8, 4) is 0 Å². The van der Waals surface area contributed by atoms with Crippen LogP contribution >= 0.6 is 0 Å². The second-order valence-corrected chi connectivity index (χ2v) is 6.92. The van der Waals surface area contributed by atoms with E-state index in [1.807, 2.05) is 5.43 Å². The van der Waals surface area contributed by atoms with Crippen LogP contribution in [0.5, 0.6) is 0 Å². The van der Waals surface area contributed by atoms with E-state index in [2.05, 4.69) is 10.3 Å². The molecule has 1 aliphatic rings. The first-order valence-corrected chi connectivity index (χ1v) is 7.41. The van der Waals surface area contributed by atoms with E-state index in [-0.39, 0.29) is 11.5 Å². The van der Waals surface area contributed by atoms with E-state index in [9.17, 15) is 21.6 Å². The van der Waals surface area contributed by atoms with E-state index in [1.54, 1.807) is 13.8 Å². The normalized spacial score (nSPS) is 19.0. The van der Waals surface area contributed by atoms with Gasteiger partial charge in [0.15, 0.2) is 10.8 Å². The minimum absolute atomic E-state index is 0.0624. The van der Waals surface area contributed by atoms with Gasteiger partial charge in [0.05, 0.1) is 11.5 Å². The van der Waals surface area contributed by atoms with E-state index in [1.165, 1.54) is 0 Å². The molecule has 0 fully saturated rings. The molecule has 11 heteroatoms. The predicted octanol–water partition coefficient (Wildman–Crippen LogP) is 1.07. The summed E-state index contributed by atoms with van der Waals surface area (Å²) in [5.41, 5.74) is -1.69. The van der Waals surface area contributed by atoms with Crippen LogP contribution in [-0.2, 0) is 14.7 Å². The van der Waals surface area contributed by atoms with Crippen LogP contribution in [0, 0.1) is 5.41 Å². The summed E-state index contributed by atoms with van der Waals surface area (Å²) >= 11 is 0. The Morgan fingerprint density at radius 1 is 1.52 bits per heavy atom. The quantitative estimate of drug-likeness (QED) is 0.595. The number of oxime groups is 1. The molecule has 0 spiro atoms. The van der Waals surface area contributed by atoms with Gasteiger partial charge in [-0.1, -0.05) is 5.16 Å². The molecular formula is C10H15F3N4O3S. The highest BCUT2D eigenvalue weighted by molar-refractivity contribution is 8.07. The number of alkyl halides is 3. The summed E-state index contributed by atoms with van der Waals surface area (Å²) in [5.74, 6) is -1.15. The maximum Gasteiger partial charge on any atom is 0.436 e. The summed E-state index contributed by atoms with van der Waals surface area (Å²) in [6.07, 6.45) is -4.99. The molecule has 0 aromatic rings. The predicted molar refractivity (Wildman–Crippen MR) is 71.3 cm³/mol. The van der Waals surface area contributed by atoms with Gasteiger partial charge < -0.3 is 15.7 Å². The molecule has 0 aromatic carbocycles. The average Bonchev–Trinajstić information content (AvgIpc) is 2.65. The Balaban J connectivity index is 2.95. The van der Waals surface area contributed by atoms with Crippen LogP contribution in [0.25, 0.3) is 0 Å². The summed E-state index contributed by atoms with van der Waals surface area (Å²) < 4.78 is 62.0. The van der Waals surface area contributed by atoms with Crippen LogP contribution in [-0.4, -0.2) is 49.5 Å². The molecule has 1 rings (SSSR count). The van der Waals surface area contributed by atoms with Crippen molar-refractivity contribution in [2.45, 2.75) is 32.0 Å². The van der Waals surface area contributed by atoms with Crippen LogP contribution in [0.4, 0.5) is 13.2 Å². The molecule has 1 aliphatic heterocycles. The highest BCUT2D eigenvalue weighted by Crippen LogP contribution is 2.25. The first-order valence-electron chi connectivity index (χ1n) is 5.76. The molecule has 0 radical (unpaired) electrons. The monoisotopic (exact) mass is 328 g/mol. The molecule has 0 aliphatic carbocycles. The molecular weight excluding hydrogens is 313 g/mol. The number of nitrogens with one attached hydrogen (secondary N) is 2. The van der Waals surface area contributed by atoms with Crippen molar-refractivity contribution in [3.63, 3.8) is 0 Å². The molecule has 21 heavy (non-hydrogen) atoms. The summed E-state index contributed by atoms with van der Waals surface area (Å²) in [4.78, 5) is 4.87. The molecule has 1 heterocycles. The second kappa shape index (κ2) is 5.62. The standard InChI is InChI=1S/C10H15F3N4O3S/c1-9(2)4-7(17-20-9)21(18,19)5-6(14)8(16-15-3)10(11,12)13/h14-15H,4-5H2,1-3H3/b14-6?,16-8+. The third kappa shape index (κ3) is 4.41.